The van der Waals surface area contributed by atoms with Gasteiger partial charge in [-0.25, -0.2) is 8.78 Å². The quantitative estimate of drug-likeness (QED) is 0.852. The lowest BCUT2D eigenvalue weighted by Crippen LogP contribution is -2.10. The molecule has 0 aliphatic carbocycles. The zero-order valence-electron chi connectivity index (χ0n) is 11.2. The summed E-state index contributed by atoms with van der Waals surface area (Å²) in [5.74, 6) is -0.229. The van der Waals surface area contributed by atoms with Crippen molar-refractivity contribution < 1.29 is 13.9 Å². The Morgan fingerprint density at radius 3 is 1.50 bits per heavy atom. The van der Waals surface area contributed by atoms with Gasteiger partial charge in [0.25, 0.3) is 0 Å². The molecule has 0 radical (unpaired) electrons. The molecule has 3 heteroatoms. The Kier molecular flexibility index (Phi) is 5.24. The second kappa shape index (κ2) is 7.15. The molecular formula is C17H18F2O. The van der Waals surface area contributed by atoms with Crippen LogP contribution >= 0.6 is 0 Å². The molecule has 0 atom stereocenters. The maximum Gasteiger partial charge on any atom is 0.123 e. The smallest absolute Gasteiger partial charge is 0.123 e. The summed E-state index contributed by atoms with van der Waals surface area (Å²) in [7, 11) is 0. The summed E-state index contributed by atoms with van der Waals surface area (Å²) in [5, 5.41) is 9.16. The first kappa shape index (κ1) is 14.7. The lowest BCUT2D eigenvalue weighted by atomic mass is 9.90. The highest BCUT2D eigenvalue weighted by atomic mass is 19.1. The molecule has 0 amide bonds. The fourth-order valence-corrected chi connectivity index (χ4v) is 2.37. The van der Waals surface area contributed by atoms with Gasteiger partial charge in [0.15, 0.2) is 0 Å². The second-order valence-electron chi connectivity index (χ2n) is 5.04. The van der Waals surface area contributed by atoms with E-state index in [0.29, 0.717) is 6.42 Å². The minimum absolute atomic E-state index is 0.118. The van der Waals surface area contributed by atoms with Crippen LogP contribution in [0.4, 0.5) is 8.78 Å². The molecule has 0 aliphatic heterocycles. The van der Waals surface area contributed by atoms with Crippen molar-refractivity contribution >= 4 is 0 Å². The summed E-state index contributed by atoms with van der Waals surface area (Å²) in [6, 6.07) is 12.9. The molecule has 2 aromatic carbocycles. The topological polar surface area (TPSA) is 20.2 Å². The van der Waals surface area contributed by atoms with Gasteiger partial charge in [-0.3, -0.25) is 0 Å². The molecule has 0 unspecified atom stereocenters. The van der Waals surface area contributed by atoms with Crippen molar-refractivity contribution in [1.82, 2.24) is 0 Å². The van der Waals surface area contributed by atoms with Gasteiger partial charge in [-0.1, -0.05) is 24.3 Å². The van der Waals surface area contributed by atoms with Crippen molar-refractivity contribution in [3.63, 3.8) is 0 Å². The van der Waals surface area contributed by atoms with Gasteiger partial charge in [-0.2, -0.15) is 0 Å². The van der Waals surface area contributed by atoms with E-state index in [1.807, 2.05) is 0 Å². The molecule has 2 rings (SSSR count). The molecule has 20 heavy (non-hydrogen) atoms. The number of halogens is 2. The van der Waals surface area contributed by atoms with E-state index >= 15 is 0 Å². The molecule has 0 spiro atoms. The highest BCUT2D eigenvalue weighted by Crippen LogP contribution is 2.18. The molecule has 2 aromatic rings. The molecular weight excluding hydrogens is 258 g/mol. The lowest BCUT2D eigenvalue weighted by Gasteiger charge is -2.16. The molecule has 0 heterocycles. The largest absolute Gasteiger partial charge is 0.396 e. The van der Waals surface area contributed by atoms with Crippen molar-refractivity contribution in [2.45, 2.75) is 19.3 Å². The van der Waals surface area contributed by atoms with E-state index < -0.39 is 0 Å². The third-order valence-electron chi connectivity index (χ3n) is 3.41. The zero-order chi connectivity index (χ0) is 14.4. The predicted octanol–water partition coefficient (Wildman–Crippen LogP) is 3.75. The van der Waals surface area contributed by atoms with E-state index in [4.69, 9.17) is 5.11 Å². The van der Waals surface area contributed by atoms with Gasteiger partial charge in [0.05, 0.1) is 0 Å². The van der Waals surface area contributed by atoms with Gasteiger partial charge in [0.1, 0.15) is 11.6 Å². The summed E-state index contributed by atoms with van der Waals surface area (Å²) in [6.07, 6.45) is 2.23. The first-order valence-electron chi connectivity index (χ1n) is 6.77. The summed E-state index contributed by atoms with van der Waals surface area (Å²) >= 11 is 0. The average molecular weight is 276 g/mol. The van der Waals surface area contributed by atoms with Crippen LogP contribution < -0.4 is 0 Å². The first-order chi connectivity index (χ1) is 9.67. The van der Waals surface area contributed by atoms with Crippen LogP contribution in [0.2, 0.25) is 0 Å². The number of rotatable bonds is 6. The Hall–Kier alpha value is -1.74. The molecule has 106 valence electrons. The van der Waals surface area contributed by atoms with Gasteiger partial charge in [-0.05, 0) is 60.6 Å². The highest BCUT2D eigenvalue weighted by molar-refractivity contribution is 5.19. The molecule has 0 aromatic heterocycles. The van der Waals surface area contributed by atoms with Crippen molar-refractivity contribution in [2.75, 3.05) is 6.61 Å². The number of hydrogen-bond donors (Lipinski definition) is 1. The van der Waals surface area contributed by atoms with Gasteiger partial charge in [0.2, 0.25) is 0 Å². The summed E-state index contributed by atoms with van der Waals surface area (Å²) in [4.78, 5) is 0. The Balaban J connectivity index is 2.02. The maximum absolute atomic E-state index is 12.9. The Labute approximate surface area is 117 Å². The second-order valence-corrected chi connectivity index (χ2v) is 5.04. The molecule has 1 N–H and O–H groups in total. The normalized spacial score (nSPS) is 11.0. The van der Waals surface area contributed by atoms with Gasteiger partial charge in [-0.15, -0.1) is 0 Å². The number of aliphatic hydroxyl groups excluding tert-OH is 1. The van der Waals surface area contributed by atoms with Crippen molar-refractivity contribution in [3.05, 3.63) is 71.3 Å². The van der Waals surface area contributed by atoms with Crippen LogP contribution in [-0.4, -0.2) is 11.7 Å². The molecule has 0 bridgehead atoms. The zero-order valence-corrected chi connectivity index (χ0v) is 11.2. The third-order valence-corrected chi connectivity index (χ3v) is 3.41. The summed E-state index contributed by atoms with van der Waals surface area (Å²) in [5.41, 5.74) is 2.10. The highest BCUT2D eigenvalue weighted by Gasteiger charge is 2.11. The van der Waals surface area contributed by atoms with Gasteiger partial charge >= 0.3 is 0 Å². The number of benzene rings is 2. The van der Waals surface area contributed by atoms with E-state index in [1.54, 1.807) is 24.3 Å². The SMILES string of the molecule is OCCC(Cc1ccc(F)cc1)Cc1ccc(F)cc1. The Morgan fingerprint density at radius 1 is 0.750 bits per heavy atom. The number of aliphatic hydroxyl groups is 1. The maximum atomic E-state index is 12.9. The average Bonchev–Trinajstić information content (AvgIpc) is 2.44. The van der Waals surface area contributed by atoms with Crippen molar-refractivity contribution in [1.29, 1.82) is 0 Å². The summed E-state index contributed by atoms with van der Waals surface area (Å²) in [6.45, 7) is 0.118. The van der Waals surface area contributed by atoms with Crippen LogP contribution in [-0.2, 0) is 12.8 Å². The van der Waals surface area contributed by atoms with Crippen LogP contribution in [0.25, 0.3) is 0 Å². The monoisotopic (exact) mass is 276 g/mol. The third kappa shape index (κ3) is 4.42. The minimum Gasteiger partial charge on any atom is -0.396 e. The van der Waals surface area contributed by atoms with E-state index in [1.165, 1.54) is 24.3 Å². The van der Waals surface area contributed by atoms with E-state index in [-0.39, 0.29) is 24.2 Å². The summed E-state index contributed by atoms with van der Waals surface area (Å²) < 4.78 is 25.8. The Bertz CT molecular complexity index is 472. The van der Waals surface area contributed by atoms with Crippen LogP contribution in [0.3, 0.4) is 0 Å². The minimum atomic E-state index is -0.244. The standard InChI is InChI=1S/C17H18F2O/c18-16-5-1-13(2-6-16)11-15(9-10-20)12-14-3-7-17(19)8-4-14/h1-8,15,20H,9-12H2. The number of hydrogen-bond acceptors (Lipinski definition) is 1. The van der Waals surface area contributed by atoms with Crippen LogP contribution in [0.15, 0.2) is 48.5 Å². The molecule has 1 nitrogen and oxygen atoms in total. The molecule has 0 fully saturated rings. The molecule has 0 aliphatic rings. The fourth-order valence-electron chi connectivity index (χ4n) is 2.37. The fraction of sp³-hybridized carbons (Fsp3) is 0.294. The van der Waals surface area contributed by atoms with Crippen LogP contribution in [0, 0.1) is 17.6 Å². The van der Waals surface area contributed by atoms with E-state index in [2.05, 4.69) is 0 Å². The lowest BCUT2D eigenvalue weighted by molar-refractivity contribution is 0.255. The van der Waals surface area contributed by atoms with Crippen LogP contribution in [0.1, 0.15) is 17.5 Å². The Morgan fingerprint density at radius 2 is 1.15 bits per heavy atom. The van der Waals surface area contributed by atoms with Gasteiger partial charge < -0.3 is 5.11 Å². The molecule has 0 saturated carbocycles. The van der Waals surface area contributed by atoms with Crippen LogP contribution in [0.5, 0.6) is 0 Å². The van der Waals surface area contributed by atoms with E-state index in [9.17, 15) is 8.78 Å². The van der Waals surface area contributed by atoms with Crippen molar-refractivity contribution in [2.24, 2.45) is 5.92 Å². The van der Waals surface area contributed by atoms with Crippen molar-refractivity contribution in [3.8, 4) is 0 Å². The first-order valence-corrected chi connectivity index (χ1v) is 6.77. The van der Waals surface area contributed by atoms with E-state index in [0.717, 1.165) is 24.0 Å². The molecule has 0 saturated heterocycles. The van der Waals surface area contributed by atoms with Gasteiger partial charge in [0, 0.05) is 6.61 Å². The predicted molar refractivity (Wildman–Crippen MR) is 75.4 cm³/mol.